The SMILES string of the molecule is COC(=O)[C@H](CC(C)C)N=C(N(C)C)N(C)C. The van der Waals surface area contributed by atoms with Crippen LogP contribution >= 0.6 is 0 Å². The van der Waals surface area contributed by atoms with E-state index in [2.05, 4.69) is 18.8 Å². The van der Waals surface area contributed by atoms with Crippen LogP contribution in [-0.4, -0.2) is 63.1 Å². The van der Waals surface area contributed by atoms with Crippen molar-refractivity contribution in [1.82, 2.24) is 9.80 Å². The number of carbonyl (C=O) groups is 1. The van der Waals surface area contributed by atoms with E-state index in [1.54, 1.807) is 0 Å². The Hall–Kier alpha value is -1.26. The molecule has 0 aliphatic carbocycles. The lowest BCUT2D eigenvalue weighted by Gasteiger charge is -2.25. The average Bonchev–Trinajstić information content (AvgIpc) is 2.21. The fraction of sp³-hybridized carbons (Fsp3) is 0.833. The van der Waals surface area contributed by atoms with Crippen LogP contribution in [0, 0.1) is 5.92 Å². The molecule has 1 atom stereocenters. The number of ether oxygens (including phenoxy) is 1. The zero-order valence-corrected chi connectivity index (χ0v) is 12.0. The maximum absolute atomic E-state index is 11.7. The molecule has 0 aliphatic rings. The summed E-state index contributed by atoms with van der Waals surface area (Å²) in [6.07, 6.45) is 0.692. The van der Waals surface area contributed by atoms with Gasteiger partial charge in [-0.2, -0.15) is 0 Å². The van der Waals surface area contributed by atoms with Crippen molar-refractivity contribution < 1.29 is 9.53 Å². The molecule has 5 heteroatoms. The third kappa shape index (κ3) is 5.56. The Morgan fingerprint density at radius 3 is 1.94 bits per heavy atom. The highest BCUT2D eigenvalue weighted by atomic mass is 16.5. The second kappa shape index (κ2) is 7.14. The molecule has 0 aromatic carbocycles. The monoisotopic (exact) mass is 243 g/mol. The van der Waals surface area contributed by atoms with Crippen LogP contribution in [-0.2, 0) is 9.53 Å². The van der Waals surface area contributed by atoms with Crippen LogP contribution < -0.4 is 0 Å². The smallest absolute Gasteiger partial charge is 0.330 e. The summed E-state index contributed by atoms with van der Waals surface area (Å²) in [5.41, 5.74) is 0. The van der Waals surface area contributed by atoms with Crippen molar-refractivity contribution in [2.75, 3.05) is 35.3 Å². The fourth-order valence-electron chi connectivity index (χ4n) is 1.55. The Balaban J connectivity index is 5.02. The maximum atomic E-state index is 11.7. The van der Waals surface area contributed by atoms with E-state index in [0.717, 1.165) is 5.96 Å². The minimum absolute atomic E-state index is 0.278. The molecule has 0 N–H and O–H groups in total. The van der Waals surface area contributed by atoms with Gasteiger partial charge in [0, 0.05) is 28.2 Å². The average molecular weight is 243 g/mol. The van der Waals surface area contributed by atoms with E-state index in [0.29, 0.717) is 12.3 Å². The lowest BCUT2D eigenvalue weighted by Crippen LogP contribution is -2.38. The molecule has 0 saturated heterocycles. The van der Waals surface area contributed by atoms with Crippen molar-refractivity contribution in [2.45, 2.75) is 26.3 Å². The van der Waals surface area contributed by atoms with Crippen molar-refractivity contribution in [3.63, 3.8) is 0 Å². The molecule has 0 aliphatic heterocycles. The molecule has 0 unspecified atom stereocenters. The Morgan fingerprint density at radius 2 is 1.65 bits per heavy atom. The van der Waals surface area contributed by atoms with Gasteiger partial charge in [0.05, 0.1) is 7.11 Å². The van der Waals surface area contributed by atoms with Crippen LogP contribution in [0.15, 0.2) is 4.99 Å². The Morgan fingerprint density at radius 1 is 1.18 bits per heavy atom. The number of rotatable bonds is 4. The van der Waals surface area contributed by atoms with Crippen LogP contribution in [0.1, 0.15) is 20.3 Å². The largest absolute Gasteiger partial charge is 0.467 e. The zero-order chi connectivity index (χ0) is 13.6. The number of methoxy groups -OCH3 is 1. The Bertz CT molecular complexity index is 263. The van der Waals surface area contributed by atoms with Crippen molar-refractivity contribution in [3.8, 4) is 0 Å². The summed E-state index contributed by atoms with van der Waals surface area (Å²) in [7, 11) is 9.02. The first-order valence-electron chi connectivity index (χ1n) is 5.79. The highest BCUT2D eigenvalue weighted by Crippen LogP contribution is 2.11. The molecule has 0 aromatic heterocycles. The number of hydrogen-bond donors (Lipinski definition) is 0. The van der Waals surface area contributed by atoms with Crippen LogP contribution in [0.25, 0.3) is 0 Å². The number of nitrogens with zero attached hydrogens (tertiary/aromatic N) is 3. The van der Waals surface area contributed by atoms with Gasteiger partial charge in [0.2, 0.25) is 0 Å². The summed E-state index contributed by atoms with van der Waals surface area (Å²) in [6.45, 7) is 4.13. The van der Waals surface area contributed by atoms with Crippen molar-refractivity contribution >= 4 is 11.9 Å². The number of hydrogen-bond acceptors (Lipinski definition) is 3. The lowest BCUT2D eigenvalue weighted by atomic mass is 10.0. The molecular weight excluding hydrogens is 218 g/mol. The first-order valence-corrected chi connectivity index (χ1v) is 5.79. The summed E-state index contributed by atoms with van der Waals surface area (Å²) < 4.78 is 4.79. The third-order valence-corrected chi connectivity index (χ3v) is 2.24. The van der Waals surface area contributed by atoms with Gasteiger partial charge in [-0.05, 0) is 12.3 Å². The standard InChI is InChI=1S/C12H25N3O2/c1-9(2)8-10(11(16)17-7)13-12(14(3)4)15(5)6/h9-10H,8H2,1-7H3/t10-/m0/s1. The Kier molecular flexibility index (Phi) is 6.61. The lowest BCUT2D eigenvalue weighted by molar-refractivity contribution is -0.142. The van der Waals surface area contributed by atoms with E-state index >= 15 is 0 Å². The zero-order valence-electron chi connectivity index (χ0n) is 12.0. The highest BCUT2D eigenvalue weighted by Gasteiger charge is 2.21. The van der Waals surface area contributed by atoms with E-state index in [4.69, 9.17) is 4.74 Å². The van der Waals surface area contributed by atoms with E-state index in [9.17, 15) is 4.79 Å². The van der Waals surface area contributed by atoms with Gasteiger partial charge in [0.1, 0.15) is 0 Å². The van der Waals surface area contributed by atoms with Crippen LogP contribution in [0.4, 0.5) is 0 Å². The molecule has 0 amide bonds. The molecule has 0 heterocycles. The molecule has 100 valence electrons. The molecule has 0 spiro atoms. The van der Waals surface area contributed by atoms with E-state index in [1.807, 2.05) is 38.0 Å². The van der Waals surface area contributed by atoms with Crippen LogP contribution in [0.5, 0.6) is 0 Å². The maximum Gasteiger partial charge on any atom is 0.330 e. The molecule has 17 heavy (non-hydrogen) atoms. The van der Waals surface area contributed by atoms with E-state index < -0.39 is 6.04 Å². The first kappa shape index (κ1) is 15.7. The highest BCUT2D eigenvalue weighted by molar-refractivity contribution is 5.84. The third-order valence-electron chi connectivity index (χ3n) is 2.24. The van der Waals surface area contributed by atoms with Crippen molar-refractivity contribution in [1.29, 1.82) is 0 Å². The summed E-state index contributed by atoms with van der Waals surface area (Å²) in [6, 6.07) is -0.431. The van der Waals surface area contributed by atoms with Crippen LogP contribution in [0.2, 0.25) is 0 Å². The van der Waals surface area contributed by atoms with Crippen molar-refractivity contribution in [2.24, 2.45) is 10.9 Å². The fourth-order valence-corrected chi connectivity index (χ4v) is 1.55. The number of carbonyl (C=O) groups excluding carboxylic acids is 1. The van der Waals surface area contributed by atoms with Gasteiger partial charge in [-0.25, -0.2) is 9.79 Å². The van der Waals surface area contributed by atoms with Gasteiger partial charge in [0.15, 0.2) is 12.0 Å². The molecule has 0 radical (unpaired) electrons. The normalized spacial score (nSPS) is 12.0. The molecule has 5 nitrogen and oxygen atoms in total. The molecule has 0 aromatic rings. The molecule has 0 rings (SSSR count). The Labute approximate surface area is 104 Å². The summed E-state index contributed by atoms with van der Waals surface area (Å²) in [5, 5.41) is 0. The van der Waals surface area contributed by atoms with E-state index in [1.165, 1.54) is 7.11 Å². The van der Waals surface area contributed by atoms with Gasteiger partial charge in [-0.3, -0.25) is 0 Å². The minimum Gasteiger partial charge on any atom is -0.467 e. The van der Waals surface area contributed by atoms with Gasteiger partial charge in [0.25, 0.3) is 0 Å². The van der Waals surface area contributed by atoms with Crippen LogP contribution in [0.3, 0.4) is 0 Å². The second-order valence-electron chi connectivity index (χ2n) is 4.89. The molecular formula is C12H25N3O2. The second-order valence-corrected chi connectivity index (χ2v) is 4.89. The van der Waals surface area contributed by atoms with Gasteiger partial charge < -0.3 is 14.5 Å². The molecule has 0 bridgehead atoms. The first-order chi connectivity index (χ1) is 7.79. The summed E-state index contributed by atoms with van der Waals surface area (Å²) in [5.74, 6) is 0.884. The van der Waals surface area contributed by atoms with Gasteiger partial charge >= 0.3 is 5.97 Å². The number of esters is 1. The topological polar surface area (TPSA) is 45.1 Å². The molecule has 0 fully saturated rings. The predicted octanol–water partition coefficient (Wildman–Crippen LogP) is 1.05. The number of guanidine groups is 1. The quantitative estimate of drug-likeness (QED) is 0.421. The van der Waals surface area contributed by atoms with Crippen molar-refractivity contribution in [3.05, 3.63) is 0 Å². The summed E-state index contributed by atoms with van der Waals surface area (Å²) >= 11 is 0. The predicted molar refractivity (Wildman–Crippen MR) is 70.1 cm³/mol. The summed E-state index contributed by atoms with van der Waals surface area (Å²) in [4.78, 5) is 19.9. The van der Waals surface area contributed by atoms with Gasteiger partial charge in [-0.1, -0.05) is 13.8 Å². The minimum atomic E-state index is -0.431. The van der Waals surface area contributed by atoms with E-state index in [-0.39, 0.29) is 5.97 Å². The number of aliphatic imine (C=N–C) groups is 1. The molecule has 0 saturated carbocycles. The van der Waals surface area contributed by atoms with Gasteiger partial charge in [-0.15, -0.1) is 0 Å².